The van der Waals surface area contributed by atoms with E-state index in [1.54, 1.807) is 7.11 Å². The van der Waals surface area contributed by atoms with Crippen LogP contribution in [-0.2, 0) is 16.1 Å². The van der Waals surface area contributed by atoms with Crippen molar-refractivity contribution >= 4 is 27.3 Å². The maximum absolute atomic E-state index is 11.8. The van der Waals surface area contributed by atoms with Crippen molar-refractivity contribution in [2.45, 2.75) is 6.61 Å². The Morgan fingerprint density at radius 1 is 1.37 bits per heavy atom. The molecule has 1 aromatic carbocycles. The number of hydrogen-bond donors (Lipinski definition) is 2. The molecule has 5 nitrogen and oxygen atoms in total. The lowest BCUT2D eigenvalue weighted by Crippen LogP contribution is -2.30. The van der Waals surface area contributed by atoms with E-state index in [4.69, 9.17) is 15.3 Å². The number of nitrogens with two attached hydrogens (primary N) is 1. The third-order valence-electron chi connectivity index (χ3n) is 2.71. The Labute approximate surface area is 115 Å². The Kier molecular flexibility index (Phi) is 4.86. The Hall–Kier alpha value is -1.47. The number of fused-ring (bicyclic) bond motifs is 1. The van der Waals surface area contributed by atoms with Crippen LogP contribution in [0.2, 0.25) is 0 Å². The lowest BCUT2D eigenvalue weighted by Gasteiger charge is -2.05. The molecule has 0 fully saturated rings. The van der Waals surface area contributed by atoms with Gasteiger partial charge in [0.05, 0.1) is 24.7 Å². The van der Waals surface area contributed by atoms with Gasteiger partial charge in [-0.15, -0.1) is 11.3 Å². The minimum absolute atomic E-state index is 0.286. The van der Waals surface area contributed by atoms with E-state index in [-0.39, 0.29) is 5.91 Å². The number of amides is 1. The van der Waals surface area contributed by atoms with E-state index in [0.717, 1.165) is 15.6 Å². The number of hydrogen-bond acceptors (Lipinski definition) is 5. The van der Waals surface area contributed by atoms with Crippen molar-refractivity contribution in [1.82, 2.24) is 5.43 Å². The van der Waals surface area contributed by atoms with Crippen LogP contribution in [0.4, 0.5) is 0 Å². The molecule has 6 heteroatoms. The number of benzene rings is 1. The fourth-order valence-corrected chi connectivity index (χ4v) is 2.92. The van der Waals surface area contributed by atoms with Crippen LogP contribution in [0.5, 0.6) is 0 Å². The summed E-state index contributed by atoms with van der Waals surface area (Å²) in [6.07, 6.45) is 0. The summed E-state index contributed by atoms with van der Waals surface area (Å²) in [5.41, 5.74) is 3.05. The number of thiophene rings is 1. The molecule has 0 unspecified atom stereocenters. The summed E-state index contributed by atoms with van der Waals surface area (Å²) in [4.78, 5) is 12.4. The number of methoxy groups -OCH3 is 1. The zero-order valence-electron chi connectivity index (χ0n) is 10.6. The van der Waals surface area contributed by atoms with Gasteiger partial charge in [0.2, 0.25) is 0 Å². The fourth-order valence-electron chi connectivity index (χ4n) is 1.81. The van der Waals surface area contributed by atoms with Crippen LogP contribution in [0.3, 0.4) is 0 Å². The first-order valence-corrected chi connectivity index (χ1v) is 6.67. The maximum Gasteiger partial charge on any atom is 0.275 e. The van der Waals surface area contributed by atoms with Crippen molar-refractivity contribution in [3.8, 4) is 0 Å². The van der Waals surface area contributed by atoms with Crippen molar-refractivity contribution in [2.75, 3.05) is 20.3 Å². The zero-order valence-corrected chi connectivity index (χ0v) is 11.5. The van der Waals surface area contributed by atoms with Gasteiger partial charge in [0.1, 0.15) is 0 Å². The first kappa shape index (κ1) is 14.0. The van der Waals surface area contributed by atoms with Crippen LogP contribution < -0.4 is 11.3 Å². The molecule has 0 saturated heterocycles. The summed E-state index contributed by atoms with van der Waals surface area (Å²) in [6.45, 7) is 1.39. The van der Waals surface area contributed by atoms with Crippen LogP contribution in [0.1, 0.15) is 15.2 Å². The SMILES string of the molecule is COCCOCc1c(C(=O)NN)sc2ccccc12. The van der Waals surface area contributed by atoms with E-state index in [9.17, 15) is 4.79 Å². The van der Waals surface area contributed by atoms with Gasteiger partial charge < -0.3 is 9.47 Å². The van der Waals surface area contributed by atoms with Gasteiger partial charge in [-0.2, -0.15) is 0 Å². The maximum atomic E-state index is 11.8. The van der Waals surface area contributed by atoms with E-state index in [2.05, 4.69) is 5.43 Å². The number of ether oxygens (including phenoxy) is 2. The average molecular weight is 280 g/mol. The highest BCUT2D eigenvalue weighted by Crippen LogP contribution is 2.31. The first-order valence-electron chi connectivity index (χ1n) is 5.86. The average Bonchev–Trinajstić information content (AvgIpc) is 2.81. The third kappa shape index (κ3) is 3.10. The van der Waals surface area contributed by atoms with E-state index in [1.807, 2.05) is 24.3 Å². The molecule has 2 aromatic rings. The lowest BCUT2D eigenvalue weighted by atomic mass is 10.1. The monoisotopic (exact) mass is 280 g/mol. The molecular weight excluding hydrogens is 264 g/mol. The van der Waals surface area contributed by atoms with E-state index in [0.29, 0.717) is 24.7 Å². The van der Waals surface area contributed by atoms with E-state index in [1.165, 1.54) is 11.3 Å². The first-order chi connectivity index (χ1) is 9.27. The number of nitrogens with one attached hydrogen (secondary N) is 1. The molecule has 2 rings (SSSR count). The second kappa shape index (κ2) is 6.63. The molecule has 0 aliphatic heterocycles. The van der Waals surface area contributed by atoms with E-state index >= 15 is 0 Å². The van der Waals surface area contributed by atoms with Crippen molar-refractivity contribution in [3.63, 3.8) is 0 Å². The fraction of sp³-hybridized carbons (Fsp3) is 0.308. The highest BCUT2D eigenvalue weighted by molar-refractivity contribution is 7.21. The number of carbonyl (C=O) groups excluding carboxylic acids is 1. The Morgan fingerprint density at radius 3 is 2.89 bits per heavy atom. The lowest BCUT2D eigenvalue weighted by molar-refractivity contribution is 0.0617. The number of carbonyl (C=O) groups is 1. The molecule has 19 heavy (non-hydrogen) atoms. The Bertz CT molecular complexity index is 568. The van der Waals surface area contributed by atoms with Gasteiger partial charge in [-0.1, -0.05) is 18.2 Å². The van der Waals surface area contributed by atoms with Crippen LogP contribution in [0.25, 0.3) is 10.1 Å². The van der Waals surface area contributed by atoms with Gasteiger partial charge in [-0.25, -0.2) is 5.84 Å². The van der Waals surface area contributed by atoms with Crippen molar-refractivity contribution in [1.29, 1.82) is 0 Å². The van der Waals surface area contributed by atoms with Crippen LogP contribution >= 0.6 is 11.3 Å². The van der Waals surface area contributed by atoms with Crippen molar-refractivity contribution < 1.29 is 14.3 Å². The number of rotatable bonds is 6. The molecule has 1 heterocycles. The Balaban J connectivity index is 2.29. The molecular formula is C13H16N2O3S. The van der Waals surface area contributed by atoms with Gasteiger partial charge in [-0.05, 0) is 11.5 Å². The van der Waals surface area contributed by atoms with E-state index < -0.39 is 0 Å². The Morgan fingerprint density at radius 2 is 2.16 bits per heavy atom. The second-order valence-corrected chi connectivity index (χ2v) is 4.98. The minimum atomic E-state index is -0.286. The molecule has 1 amide bonds. The molecule has 102 valence electrons. The molecule has 0 radical (unpaired) electrons. The molecule has 0 aliphatic rings. The van der Waals surface area contributed by atoms with Crippen LogP contribution in [0.15, 0.2) is 24.3 Å². The molecule has 1 aromatic heterocycles. The van der Waals surface area contributed by atoms with Crippen molar-refractivity contribution in [3.05, 3.63) is 34.7 Å². The highest BCUT2D eigenvalue weighted by Gasteiger charge is 2.17. The second-order valence-electron chi connectivity index (χ2n) is 3.92. The standard InChI is InChI=1S/C13H16N2O3S/c1-17-6-7-18-8-10-9-4-2-3-5-11(9)19-12(10)13(16)15-14/h2-5H,6-8,14H2,1H3,(H,15,16). The van der Waals surface area contributed by atoms with Crippen LogP contribution in [0, 0.1) is 0 Å². The summed E-state index contributed by atoms with van der Waals surface area (Å²) < 4.78 is 11.5. The van der Waals surface area contributed by atoms with Gasteiger partial charge in [0, 0.05) is 17.4 Å². The predicted octanol–water partition coefficient (Wildman–Crippen LogP) is 1.67. The summed E-state index contributed by atoms with van der Waals surface area (Å²) in [7, 11) is 1.62. The normalized spacial score (nSPS) is 10.8. The highest BCUT2D eigenvalue weighted by atomic mass is 32.1. The van der Waals surface area contributed by atoms with Gasteiger partial charge in [0.25, 0.3) is 5.91 Å². The third-order valence-corrected chi connectivity index (χ3v) is 3.93. The predicted molar refractivity (Wildman–Crippen MR) is 75.0 cm³/mol. The smallest absolute Gasteiger partial charge is 0.275 e. The van der Waals surface area contributed by atoms with Gasteiger partial charge >= 0.3 is 0 Å². The number of hydrazine groups is 1. The van der Waals surface area contributed by atoms with Gasteiger partial charge in [0.15, 0.2) is 0 Å². The molecule has 0 spiro atoms. The zero-order chi connectivity index (χ0) is 13.7. The summed E-state index contributed by atoms with van der Waals surface area (Å²) >= 11 is 1.42. The summed E-state index contributed by atoms with van der Waals surface area (Å²) in [5, 5.41) is 1.03. The molecule has 0 atom stereocenters. The summed E-state index contributed by atoms with van der Waals surface area (Å²) in [6, 6.07) is 7.84. The molecule has 0 bridgehead atoms. The largest absolute Gasteiger partial charge is 0.382 e. The van der Waals surface area contributed by atoms with Gasteiger partial charge in [-0.3, -0.25) is 10.2 Å². The summed E-state index contributed by atoms with van der Waals surface area (Å²) in [5.74, 6) is 4.93. The van der Waals surface area contributed by atoms with Crippen molar-refractivity contribution in [2.24, 2.45) is 5.84 Å². The quantitative estimate of drug-likeness (QED) is 0.365. The minimum Gasteiger partial charge on any atom is -0.382 e. The molecule has 0 saturated carbocycles. The molecule has 3 N–H and O–H groups in total. The van der Waals surface area contributed by atoms with Crippen LogP contribution in [-0.4, -0.2) is 26.2 Å². The number of nitrogen functional groups attached to an aromatic ring is 1. The topological polar surface area (TPSA) is 73.6 Å². The molecule has 0 aliphatic carbocycles.